The summed E-state index contributed by atoms with van der Waals surface area (Å²) in [6.07, 6.45) is 0. The van der Waals surface area contributed by atoms with Crippen LogP contribution in [-0.4, -0.2) is 9.55 Å². The van der Waals surface area contributed by atoms with Crippen LogP contribution in [0, 0.1) is 6.92 Å². The van der Waals surface area contributed by atoms with Gasteiger partial charge in [-0.3, -0.25) is 4.57 Å². The van der Waals surface area contributed by atoms with Crippen LogP contribution in [0.1, 0.15) is 5.69 Å². The molecule has 2 aromatic carbocycles. The Morgan fingerprint density at radius 3 is 2.35 bits per heavy atom. The van der Waals surface area contributed by atoms with E-state index in [-0.39, 0.29) is 0 Å². The normalized spacial score (nSPS) is 11.2. The smallest absolute Gasteiger partial charge is 0.145 e. The van der Waals surface area contributed by atoms with Crippen molar-refractivity contribution < 1.29 is 0 Å². The zero-order chi connectivity index (χ0) is 13.5. The van der Waals surface area contributed by atoms with E-state index in [1.54, 1.807) is 0 Å². The van der Waals surface area contributed by atoms with E-state index in [0.29, 0.717) is 0 Å². The number of benzene rings is 2. The Labute approximate surface area is 117 Å². The minimum absolute atomic E-state index is 1.03. The lowest BCUT2D eigenvalue weighted by molar-refractivity contribution is 1.11. The molecule has 2 aromatic heterocycles. The van der Waals surface area contributed by atoms with E-state index >= 15 is 0 Å². The molecule has 0 radical (unpaired) electrons. The molecule has 0 atom stereocenters. The van der Waals surface area contributed by atoms with Gasteiger partial charge in [-0.05, 0) is 37.3 Å². The summed E-state index contributed by atoms with van der Waals surface area (Å²) < 4.78 is 2.23. The van der Waals surface area contributed by atoms with Crippen LogP contribution in [0.3, 0.4) is 0 Å². The van der Waals surface area contributed by atoms with Gasteiger partial charge >= 0.3 is 0 Å². The third-order valence-electron chi connectivity index (χ3n) is 3.68. The predicted molar refractivity (Wildman–Crippen MR) is 83.3 cm³/mol. The van der Waals surface area contributed by atoms with Crippen LogP contribution in [0.2, 0.25) is 0 Å². The van der Waals surface area contributed by atoms with Gasteiger partial charge in [0.15, 0.2) is 0 Å². The third kappa shape index (κ3) is 1.55. The van der Waals surface area contributed by atoms with Gasteiger partial charge in [0, 0.05) is 22.2 Å². The second-order valence-corrected chi connectivity index (χ2v) is 5.01. The first-order chi connectivity index (χ1) is 9.84. The highest BCUT2D eigenvalue weighted by atomic mass is 15.0. The highest BCUT2D eigenvalue weighted by Crippen LogP contribution is 2.30. The number of para-hydroxylation sites is 2. The largest absolute Gasteiger partial charge is 0.294 e. The molecule has 2 heterocycles. The second kappa shape index (κ2) is 4.20. The van der Waals surface area contributed by atoms with Gasteiger partial charge in [0.1, 0.15) is 5.65 Å². The molecule has 0 bridgehead atoms. The van der Waals surface area contributed by atoms with E-state index in [2.05, 4.69) is 65.2 Å². The minimum Gasteiger partial charge on any atom is -0.294 e. The average Bonchev–Trinajstić information content (AvgIpc) is 2.81. The quantitative estimate of drug-likeness (QED) is 0.492. The van der Waals surface area contributed by atoms with Gasteiger partial charge in [0.05, 0.1) is 5.52 Å². The molecule has 0 saturated heterocycles. The van der Waals surface area contributed by atoms with Crippen molar-refractivity contribution in [1.82, 2.24) is 9.55 Å². The van der Waals surface area contributed by atoms with Gasteiger partial charge in [-0.2, -0.15) is 0 Å². The molecule has 0 unspecified atom stereocenters. The van der Waals surface area contributed by atoms with E-state index in [1.165, 1.54) is 16.3 Å². The number of aromatic nitrogens is 2. The maximum Gasteiger partial charge on any atom is 0.145 e. The van der Waals surface area contributed by atoms with Crippen molar-refractivity contribution in [2.45, 2.75) is 6.92 Å². The highest BCUT2D eigenvalue weighted by molar-refractivity contribution is 6.07. The van der Waals surface area contributed by atoms with Crippen LogP contribution < -0.4 is 0 Å². The summed E-state index contributed by atoms with van der Waals surface area (Å²) in [7, 11) is 0. The lowest BCUT2D eigenvalue weighted by Gasteiger charge is -2.06. The first-order valence-electron chi connectivity index (χ1n) is 6.77. The molecule has 96 valence electrons. The molecule has 4 rings (SSSR count). The lowest BCUT2D eigenvalue weighted by Crippen LogP contribution is -1.95. The van der Waals surface area contributed by atoms with Crippen LogP contribution in [-0.2, 0) is 0 Å². The van der Waals surface area contributed by atoms with Crippen LogP contribution in [0.15, 0.2) is 66.7 Å². The van der Waals surface area contributed by atoms with Gasteiger partial charge < -0.3 is 0 Å². The molecular formula is C18H14N2. The predicted octanol–water partition coefficient (Wildman–Crippen LogP) is 4.49. The minimum atomic E-state index is 1.03. The van der Waals surface area contributed by atoms with Crippen LogP contribution >= 0.6 is 0 Å². The number of fused-ring (bicyclic) bond motifs is 3. The molecular weight excluding hydrogens is 244 g/mol. The number of aryl methyl sites for hydroxylation is 1. The molecule has 0 aliphatic rings. The molecule has 2 heteroatoms. The van der Waals surface area contributed by atoms with E-state index in [0.717, 1.165) is 17.0 Å². The third-order valence-corrected chi connectivity index (χ3v) is 3.68. The van der Waals surface area contributed by atoms with Crippen LogP contribution in [0.25, 0.3) is 27.6 Å². The number of pyridine rings is 1. The van der Waals surface area contributed by atoms with Crippen LogP contribution in [0.4, 0.5) is 0 Å². The molecule has 0 spiro atoms. The summed E-state index contributed by atoms with van der Waals surface area (Å²) in [5, 5.41) is 2.45. The number of rotatable bonds is 1. The summed E-state index contributed by atoms with van der Waals surface area (Å²) in [6.45, 7) is 2.03. The van der Waals surface area contributed by atoms with Crippen molar-refractivity contribution >= 4 is 21.9 Å². The second-order valence-electron chi connectivity index (χ2n) is 5.01. The summed E-state index contributed by atoms with van der Waals surface area (Å²) >= 11 is 0. The SMILES string of the molecule is Cc1ccc2c3ccccc3n(-c3ccccc3)c2n1. The summed E-state index contributed by atoms with van der Waals surface area (Å²) in [4.78, 5) is 4.75. The Morgan fingerprint density at radius 2 is 1.50 bits per heavy atom. The average molecular weight is 258 g/mol. The zero-order valence-corrected chi connectivity index (χ0v) is 11.2. The zero-order valence-electron chi connectivity index (χ0n) is 11.2. The molecule has 0 aliphatic heterocycles. The van der Waals surface area contributed by atoms with E-state index < -0.39 is 0 Å². The van der Waals surface area contributed by atoms with E-state index in [1.807, 2.05) is 13.0 Å². The molecule has 0 saturated carbocycles. The molecule has 0 amide bonds. The molecule has 20 heavy (non-hydrogen) atoms. The molecule has 2 nitrogen and oxygen atoms in total. The summed E-state index contributed by atoms with van der Waals surface area (Å²) in [5.41, 5.74) is 4.42. The van der Waals surface area contributed by atoms with Gasteiger partial charge in [0.2, 0.25) is 0 Å². The van der Waals surface area contributed by atoms with E-state index in [4.69, 9.17) is 4.98 Å². The highest BCUT2D eigenvalue weighted by Gasteiger charge is 2.12. The fourth-order valence-corrected chi connectivity index (χ4v) is 2.77. The van der Waals surface area contributed by atoms with Gasteiger partial charge in [-0.1, -0.05) is 36.4 Å². The first kappa shape index (κ1) is 11.2. The van der Waals surface area contributed by atoms with Crippen molar-refractivity contribution in [3.63, 3.8) is 0 Å². The fraction of sp³-hybridized carbons (Fsp3) is 0.0556. The van der Waals surface area contributed by atoms with E-state index in [9.17, 15) is 0 Å². The molecule has 0 fully saturated rings. The van der Waals surface area contributed by atoms with Crippen molar-refractivity contribution in [2.75, 3.05) is 0 Å². The summed E-state index contributed by atoms with van der Waals surface area (Å²) in [5.74, 6) is 0. The maximum absolute atomic E-state index is 4.75. The molecule has 0 aliphatic carbocycles. The van der Waals surface area contributed by atoms with Gasteiger partial charge in [-0.15, -0.1) is 0 Å². The number of hydrogen-bond acceptors (Lipinski definition) is 1. The molecule has 4 aromatic rings. The first-order valence-corrected chi connectivity index (χ1v) is 6.77. The van der Waals surface area contributed by atoms with Gasteiger partial charge in [-0.25, -0.2) is 4.98 Å². The van der Waals surface area contributed by atoms with Crippen molar-refractivity contribution in [3.8, 4) is 5.69 Å². The molecule has 0 N–H and O–H groups in total. The Hall–Kier alpha value is -2.61. The standard InChI is InChI=1S/C18H14N2/c1-13-11-12-16-15-9-5-6-10-17(15)20(18(16)19-13)14-7-3-2-4-8-14/h2-12H,1H3. The van der Waals surface area contributed by atoms with Crippen LogP contribution in [0.5, 0.6) is 0 Å². The summed E-state index contributed by atoms with van der Waals surface area (Å²) in [6, 6.07) is 23.1. The Morgan fingerprint density at radius 1 is 0.750 bits per heavy atom. The Balaban J connectivity index is 2.23. The maximum atomic E-state index is 4.75. The fourth-order valence-electron chi connectivity index (χ4n) is 2.77. The number of nitrogens with zero attached hydrogens (tertiary/aromatic N) is 2. The number of hydrogen-bond donors (Lipinski definition) is 0. The Bertz CT molecular complexity index is 905. The van der Waals surface area contributed by atoms with Gasteiger partial charge in [0.25, 0.3) is 0 Å². The monoisotopic (exact) mass is 258 g/mol. The van der Waals surface area contributed by atoms with Crippen molar-refractivity contribution in [2.24, 2.45) is 0 Å². The lowest BCUT2D eigenvalue weighted by atomic mass is 10.2. The van der Waals surface area contributed by atoms with Crippen molar-refractivity contribution in [3.05, 3.63) is 72.4 Å². The Kier molecular flexibility index (Phi) is 2.36. The topological polar surface area (TPSA) is 17.8 Å². The van der Waals surface area contributed by atoms with Crippen molar-refractivity contribution in [1.29, 1.82) is 0 Å².